The number of hydrogen-bond donors (Lipinski definition) is 1. The van der Waals surface area contributed by atoms with E-state index in [4.69, 9.17) is 5.26 Å². The van der Waals surface area contributed by atoms with Crippen LogP contribution in [-0.4, -0.2) is 36.5 Å². The van der Waals surface area contributed by atoms with Gasteiger partial charge in [-0.15, -0.1) is 0 Å². The van der Waals surface area contributed by atoms with E-state index in [1.54, 1.807) is 26.0 Å². The van der Waals surface area contributed by atoms with Crippen LogP contribution in [-0.2, 0) is 10.0 Å². The van der Waals surface area contributed by atoms with Gasteiger partial charge < -0.3 is 5.11 Å². The summed E-state index contributed by atoms with van der Waals surface area (Å²) in [6.07, 6.45) is 0. The van der Waals surface area contributed by atoms with Crippen molar-refractivity contribution in [3.63, 3.8) is 0 Å². The molecule has 6 heteroatoms. The predicted molar refractivity (Wildman–Crippen MR) is 65.3 cm³/mol. The molecule has 1 heterocycles. The van der Waals surface area contributed by atoms with Crippen molar-refractivity contribution in [1.82, 2.24) is 4.31 Å². The molecular weight excluding hydrogens is 252 g/mol. The molecule has 1 N–H and O–H groups in total. The lowest BCUT2D eigenvalue weighted by atomic mass is 10.0. The van der Waals surface area contributed by atoms with Crippen LogP contribution in [0.1, 0.15) is 18.1 Å². The van der Waals surface area contributed by atoms with Crippen LogP contribution in [0.15, 0.2) is 23.1 Å². The molecule has 0 aliphatic carbocycles. The molecule has 5 nitrogen and oxygen atoms in total. The van der Waals surface area contributed by atoms with Gasteiger partial charge in [0.25, 0.3) is 0 Å². The second-order valence-electron chi connectivity index (χ2n) is 4.86. The van der Waals surface area contributed by atoms with Crippen molar-refractivity contribution in [2.24, 2.45) is 0 Å². The smallest absolute Gasteiger partial charge is 0.243 e. The minimum Gasteiger partial charge on any atom is -0.387 e. The Labute approximate surface area is 106 Å². The minimum atomic E-state index is -3.61. The van der Waals surface area contributed by atoms with Crippen LogP contribution in [0.3, 0.4) is 0 Å². The number of nitriles is 1. The zero-order valence-corrected chi connectivity index (χ0v) is 11.0. The van der Waals surface area contributed by atoms with Crippen molar-refractivity contribution in [3.8, 4) is 6.07 Å². The number of β-amino-alcohol motifs (C(OH)–C–C–N with tert-alkyl or cyclic N) is 1. The Morgan fingerprint density at radius 3 is 2.56 bits per heavy atom. The number of benzene rings is 1. The summed E-state index contributed by atoms with van der Waals surface area (Å²) in [6.45, 7) is 3.46. The highest BCUT2D eigenvalue weighted by atomic mass is 32.2. The lowest BCUT2D eigenvalue weighted by Gasteiger charge is -2.43. The van der Waals surface area contributed by atoms with Crippen molar-refractivity contribution in [2.45, 2.75) is 24.3 Å². The molecule has 0 bridgehead atoms. The Hall–Kier alpha value is -1.42. The third kappa shape index (κ3) is 2.12. The molecule has 0 aromatic heterocycles. The van der Waals surface area contributed by atoms with Crippen molar-refractivity contribution >= 4 is 10.0 Å². The summed E-state index contributed by atoms with van der Waals surface area (Å²) < 4.78 is 25.8. The van der Waals surface area contributed by atoms with E-state index in [0.717, 1.165) is 0 Å². The molecule has 0 amide bonds. The Bertz CT molecular complexity index is 621. The Morgan fingerprint density at radius 1 is 1.44 bits per heavy atom. The van der Waals surface area contributed by atoms with Crippen LogP contribution in [0.5, 0.6) is 0 Å². The highest BCUT2D eigenvalue weighted by molar-refractivity contribution is 7.89. The third-order valence-corrected chi connectivity index (χ3v) is 4.90. The molecule has 0 unspecified atom stereocenters. The van der Waals surface area contributed by atoms with Gasteiger partial charge in [-0.05, 0) is 31.5 Å². The van der Waals surface area contributed by atoms with Gasteiger partial charge in [-0.25, -0.2) is 8.42 Å². The van der Waals surface area contributed by atoms with Crippen molar-refractivity contribution in [2.75, 3.05) is 13.1 Å². The van der Waals surface area contributed by atoms with Crippen LogP contribution in [0.2, 0.25) is 0 Å². The average Bonchev–Trinajstić information content (AvgIpc) is 2.26. The maximum Gasteiger partial charge on any atom is 0.243 e. The molecule has 0 saturated carbocycles. The summed E-state index contributed by atoms with van der Waals surface area (Å²) in [5, 5.41) is 18.4. The zero-order valence-electron chi connectivity index (χ0n) is 10.2. The van der Waals surface area contributed by atoms with Crippen molar-refractivity contribution < 1.29 is 13.5 Å². The van der Waals surface area contributed by atoms with Crippen molar-refractivity contribution in [3.05, 3.63) is 29.3 Å². The molecule has 1 saturated heterocycles. The minimum absolute atomic E-state index is 0.0888. The van der Waals surface area contributed by atoms with Crippen LogP contribution in [0.25, 0.3) is 0 Å². The number of sulfonamides is 1. The first-order valence-corrected chi connectivity index (χ1v) is 6.93. The second-order valence-corrected chi connectivity index (χ2v) is 6.77. The molecule has 0 spiro atoms. The molecule has 1 aliphatic rings. The SMILES string of the molecule is Cc1ccc(C#N)cc1S(=O)(=O)N1CC(C)(O)C1. The summed E-state index contributed by atoms with van der Waals surface area (Å²) in [5.74, 6) is 0. The summed E-state index contributed by atoms with van der Waals surface area (Å²) in [6, 6.07) is 6.50. The van der Waals surface area contributed by atoms with Gasteiger partial charge >= 0.3 is 0 Å². The number of aryl methyl sites for hydroxylation is 1. The van der Waals surface area contributed by atoms with Gasteiger partial charge in [0.2, 0.25) is 10.0 Å². The molecule has 0 radical (unpaired) electrons. The summed E-state index contributed by atoms with van der Waals surface area (Å²) in [4.78, 5) is 0.136. The number of rotatable bonds is 2. The second kappa shape index (κ2) is 4.05. The molecule has 18 heavy (non-hydrogen) atoms. The van der Waals surface area contributed by atoms with Crippen LogP contribution >= 0.6 is 0 Å². The molecule has 0 atom stereocenters. The zero-order chi connectivity index (χ0) is 13.6. The first-order valence-electron chi connectivity index (χ1n) is 5.49. The summed E-state index contributed by atoms with van der Waals surface area (Å²) in [5.41, 5.74) is -0.0413. The fourth-order valence-electron chi connectivity index (χ4n) is 1.97. The third-order valence-electron chi connectivity index (χ3n) is 2.97. The Balaban J connectivity index is 2.40. The maximum absolute atomic E-state index is 12.3. The molecule has 2 rings (SSSR count). The number of nitrogens with zero attached hydrogens (tertiary/aromatic N) is 2. The van der Waals surface area contributed by atoms with Gasteiger partial charge in [-0.2, -0.15) is 9.57 Å². The van der Waals surface area contributed by atoms with Gasteiger partial charge in [-0.3, -0.25) is 0 Å². The first-order chi connectivity index (χ1) is 8.26. The summed E-state index contributed by atoms with van der Waals surface area (Å²) >= 11 is 0. The van der Waals surface area contributed by atoms with E-state index in [-0.39, 0.29) is 18.0 Å². The molecule has 1 aromatic carbocycles. The lowest BCUT2D eigenvalue weighted by molar-refractivity contribution is -0.0426. The average molecular weight is 266 g/mol. The quantitative estimate of drug-likeness (QED) is 0.851. The van der Waals surface area contributed by atoms with Gasteiger partial charge in [-0.1, -0.05) is 6.07 Å². The lowest BCUT2D eigenvalue weighted by Crippen LogP contribution is -2.61. The van der Waals surface area contributed by atoms with Gasteiger partial charge in [0.05, 0.1) is 22.1 Å². The highest BCUT2D eigenvalue weighted by Crippen LogP contribution is 2.29. The van der Waals surface area contributed by atoms with Crippen LogP contribution in [0, 0.1) is 18.3 Å². The maximum atomic E-state index is 12.3. The normalized spacial score (nSPS) is 19.0. The molecule has 1 aromatic rings. The van der Waals surface area contributed by atoms with E-state index >= 15 is 0 Å². The van der Waals surface area contributed by atoms with Gasteiger partial charge in [0.15, 0.2) is 0 Å². The van der Waals surface area contributed by atoms with E-state index in [2.05, 4.69) is 0 Å². The van der Waals surface area contributed by atoms with Gasteiger partial charge in [0, 0.05) is 13.1 Å². The summed E-state index contributed by atoms with van der Waals surface area (Å²) in [7, 11) is -3.61. The topological polar surface area (TPSA) is 81.4 Å². The molecule has 96 valence electrons. The highest BCUT2D eigenvalue weighted by Gasteiger charge is 2.44. The van der Waals surface area contributed by atoms with E-state index in [9.17, 15) is 13.5 Å². The Kier molecular flexibility index (Phi) is 2.93. The fraction of sp³-hybridized carbons (Fsp3) is 0.417. The monoisotopic (exact) mass is 266 g/mol. The number of hydrogen-bond acceptors (Lipinski definition) is 4. The predicted octanol–water partition coefficient (Wildman–Crippen LogP) is 0.622. The largest absolute Gasteiger partial charge is 0.387 e. The van der Waals surface area contributed by atoms with Crippen molar-refractivity contribution in [1.29, 1.82) is 5.26 Å². The standard InChI is InChI=1S/C12H14N2O3S/c1-9-3-4-10(6-13)5-11(9)18(16,17)14-7-12(2,15)8-14/h3-5,15H,7-8H2,1-2H3. The Morgan fingerprint density at radius 2 is 2.06 bits per heavy atom. The fourth-order valence-corrected chi connectivity index (χ4v) is 3.90. The van der Waals surface area contributed by atoms with E-state index in [1.807, 2.05) is 6.07 Å². The van der Waals surface area contributed by atoms with E-state index < -0.39 is 15.6 Å². The molecular formula is C12H14N2O3S. The van der Waals surface area contributed by atoms with Crippen LogP contribution in [0.4, 0.5) is 0 Å². The van der Waals surface area contributed by atoms with E-state index in [0.29, 0.717) is 11.1 Å². The number of aliphatic hydroxyl groups is 1. The molecule has 1 aliphatic heterocycles. The molecule has 1 fully saturated rings. The first kappa shape index (κ1) is 13.0. The van der Waals surface area contributed by atoms with Crippen LogP contribution < -0.4 is 0 Å². The van der Waals surface area contributed by atoms with Gasteiger partial charge in [0.1, 0.15) is 0 Å². The van der Waals surface area contributed by atoms with E-state index in [1.165, 1.54) is 10.4 Å².